The summed E-state index contributed by atoms with van der Waals surface area (Å²) in [6.45, 7) is 1.98. The van der Waals surface area contributed by atoms with E-state index in [2.05, 4.69) is 0 Å². The van der Waals surface area contributed by atoms with Gasteiger partial charge in [-0.25, -0.2) is 0 Å². The van der Waals surface area contributed by atoms with Gasteiger partial charge in [0, 0.05) is 22.2 Å². The summed E-state index contributed by atoms with van der Waals surface area (Å²) < 4.78 is 21.5. The number of hydrogen-bond donors (Lipinski definition) is 1. The van der Waals surface area contributed by atoms with Gasteiger partial charge in [0.2, 0.25) is 6.79 Å². The molecule has 9 heteroatoms. The van der Waals surface area contributed by atoms with Crippen LogP contribution < -0.4 is 23.8 Å². The van der Waals surface area contributed by atoms with Crippen LogP contribution in [-0.2, 0) is 9.59 Å². The molecule has 34 heavy (non-hydrogen) atoms. The summed E-state index contributed by atoms with van der Waals surface area (Å²) in [6, 6.07) is 11.0. The summed E-state index contributed by atoms with van der Waals surface area (Å²) in [5, 5.41) is 13.2. The van der Waals surface area contributed by atoms with E-state index >= 15 is 0 Å². The molecular formula is C25H21NO7S. The molecule has 174 valence electrons. The highest BCUT2D eigenvalue weighted by atomic mass is 32.1. The number of rotatable bonds is 5. The molecule has 3 heterocycles. The number of ether oxygens (including phenoxy) is 4. The lowest BCUT2D eigenvalue weighted by Gasteiger charge is -2.25. The number of hydrogen-bond acceptors (Lipinski definition) is 8. The third-order valence-electron chi connectivity index (χ3n) is 5.89. The predicted octanol–water partition coefficient (Wildman–Crippen LogP) is 4.43. The number of anilines is 1. The van der Waals surface area contributed by atoms with Gasteiger partial charge in [0.25, 0.3) is 11.7 Å². The summed E-state index contributed by atoms with van der Waals surface area (Å²) in [6.07, 6.45) is 0. The molecule has 1 fully saturated rings. The van der Waals surface area contributed by atoms with Crippen LogP contribution in [0.2, 0.25) is 0 Å². The second-order valence-electron chi connectivity index (χ2n) is 7.74. The Morgan fingerprint density at radius 1 is 1.03 bits per heavy atom. The number of carbonyl (C=O) groups excluding carboxylic acids is 2. The topological polar surface area (TPSA) is 94.5 Å². The summed E-state index contributed by atoms with van der Waals surface area (Å²) in [5.74, 6) is 0.119. The van der Waals surface area contributed by atoms with Crippen molar-refractivity contribution in [1.29, 1.82) is 0 Å². The lowest BCUT2D eigenvalue weighted by atomic mass is 9.98. The fourth-order valence-corrected chi connectivity index (χ4v) is 5.21. The fourth-order valence-electron chi connectivity index (χ4n) is 4.19. The second-order valence-corrected chi connectivity index (χ2v) is 8.69. The van der Waals surface area contributed by atoms with Gasteiger partial charge in [-0.05, 0) is 54.3 Å². The minimum Gasteiger partial charge on any atom is -0.507 e. The van der Waals surface area contributed by atoms with Crippen LogP contribution in [-0.4, -0.2) is 37.8 Å². The van der Waals surface area contributed by atoms with E-state index in [1.165, 1.54) is 30.5 Å². The Morgan fingerprint density at radius 3 is 2.50 bits per heavy atom. The summed E-state index contributed by atoms with van der Waals surface area (Å²) in [5.41, 5.74) is 1.71. The maximum Gasteiger partial charge on any atom is 0.300 e. The first-order valence-corrected chi connectivity index (χ1v) is 11.3. The summed E-state index contributed by atoms with van der Waals surface area (Å²) in [4.78, 5) is 28.8. The lowest BCUT2D eigenvalue weighted by molar-refractivity contribution is -0.132. The van der Waals surface area contributed by atoms with Gasteiger partial charge in [0.05, 0.1) is 19.8 Å². The Kier molecular flexibility index (Phi) is 5.41. The van der Waals surface area contributed by atoms with Crippen LogP contribution in [0.1, 0.15) is 22.0 Å². The predicted molar refractivity (Wildman–Crippen MR) is 126 cm³/mol. The Labute approximate surface area is 199 Å². The van der Waals surface area contributed by atoms with E-state index in [0.29, 0.717) is 34.2 Å². The van der Waals surface area contributed by atoms with Gasteiger partial charge < -0.3 is 24.1 Å². The van der Waals surface area contributed by atoms with E-state index in [0.717, 1.165) is 10.4 Å². The van der Waals surface area contributed by atoms with Crippen molar-refractivity contribution < 1.29 is 33.6 Å². The van der Waals surface area contributed by atoms with Gasteiger partial charge in [-0.3, -0.25) is 14.5 Å². The molecule has 0 radical (unpaired) electrons. The van der Waals surface area contributed by atoms with Gasteiger partial charge in [0.1, 0.15) is 11.8 Å². The number of aliphatic hydroxyl groups is 1. The number of ketones is 1. The zero-order valence-corrected chi connectivity index (χ0v) is 19.5. The number of benzene rings is 2. The molecule has 0 aliphatic carbocycles. The van der Waals surface area contributed by atoms with Crippen LogP contribution in [0.3, 0.4) is 0 Å². The SMILES string of the molecule is COc1ccc(N2C(=O)C(=O)/C(=C(\O)c3ccc4c(c3)OCO4)C2c2sccc2C)cc1OC. The lowest BCUT2D eigenvalue weighted by Crippen LogP contribution is -2.29. The van der Waals surface area contributed by atoms with E-state index in [4.69, 9.17) is 18.9 Å². The first-order chi connectivity index (χ1) is 16.4. The average Bonchev–Trinajstić information content (AvgIpc) is 3.56. The standard InChI is InChI=1S/C25H21NO7S/c1-13-8-9-34-24(13)21-20(22(27)14-4-6-17-19(10-14)33-12-32-17)23(28)25(29)26(21)15-5-7-16(30-2)18(11-15)31-3/h4-11,21,27H,12H2,1-3H3/b22-20-. The van der Waals surface area contributed by atoms with E-state index in [1.807, 2.05) is 18.4 Å². The molecule has 5 rings (SSSR count). The molecule has 1 saturated heterocycles. The monoisotopic (exact) mass is 479 g/mol. The molecule has 1 aromatic heterocycles. The van der Waals surface area contributed by atoms with Crippen LogP contribution in [0, 0.1) is 6.92 Å². The molecule has 8 nitrogen and oxygen atoms in total. The minimum atomic E-state index is -0.816. The molecule has 1 amide bonds. The average molecular weight is 480 g/mol. The highest BCUT2D eigenvalue weighted by molar-refractivity contribution is 7.10. The third kappa shape index (κ3) is 3.36. The Hall–Kier alpha value is -3.98. The molecule has 0 spiro atoms. The van der Waals surface area contributed by atoms with Crippen molar-refractivity contribution in [2.24, 2.45) is 0 Å². The van der Waals surface area contributed by atoms with Crippen LogP contribution in [0.5, 0.6) is 23.0 Å². The molecule has 1 N–H and O–H groups in total. The number of methoxy groups -OCH3 is 2. The van der Waals surface area contributed by atoms with Crippen molar-refractivity contribution in [2.45, 2.75) is 13.0 Å². The number of Topliss-reactive ketones (excluding diaryl/α,β-unsaturated/α-hetero) is 1. The molecule has 2 aliphatic heterocycles. The largest absolute Gasteiger partial charge is 0.507 e. The smallest absolute Gasteiger partial charge is 0.300 e. The molecular weight excluding hydrogens is 458 g/mol. The van der Waals surface area contributed by atoms with Crippen LogP contribution in [0.4, 0.5) is 5.69 Å². The normalized spacial score (nSPS) is 18.4. The summed E-state index contributed by atoms with van der Waals surface area (Å²) >= 11 is 1.41. The van der Waals surface area contributed by atoms with Gasteiger partial charge in [-0.1, -0.05) is 0 Å². The Balaban J connectivity index is 1.70. The number of aliphatic hydroxyl groups excluding tert-OH is 1. The number of fused-ring (bicyclic) bond motifs is 1. The number of amides is 1. The molecule has 0 bridgehead atoms. The van der Waals surface area contributed by atoms with E-state index in [9.17, 15) is 14.7 Å². The molecule has 2 aliphatic rings. The van der Waals surface area contributed by atoms with Crippen LogP contribution in [0.25, 0.3) is 5.76 Å². The molecule has 1 atom stereocenters. The second kappa shape index (κ2) is 8.42. The van der Waals surface area contributed by atoms with Gasteiger partial charge in [-0.15, -0.1) is 11.3 Å². The first-order valence-electron chi connectivity index (χ1n) is 10.4. The number of nitrogens with zero attached hydrogens (tertiary/aromatic N) is 1. The maximum absolute atomic E-state index is 13.3. The number of aryl methyl sites for hydroxylation is 1. The number of thiophene rings is 1. The van der Waals surface area contributed by atoms with Crippen LogP contribution in [0.15, 0.2) is 53.4 Å². The number of carbonyl (C=O) groups is 2. The summed E-state index contributed by atoms with van der Waals surface area (Å²) in [7, 11) is 3.01. The van der Waals surface area contributed by atoms with Crippen molar-refractivity contribution in [3.05, 3.63) is 69.4 Å². The van der Waals surface area contributed by atoms with Crippen molar-refractivity contribution in [3.63, 3.8) is 0 Å². The highest BCUT2D eigenvalue weighted by Gasteiger charge is 2.48. The molecule has 3 aromatic rings. The molecule has 2 aromatic carbocycles. The Morgan fingerprint density at radius 2 is 1.79 bits per heavy atom. The molecule has 1 unspecified atom stereocenters. The fraction of sp³-hybridized carbons (Fsp3) is 0.200. The van der Waals surface area contributed by atoms with Crippen LogP contribution >= 0.6 is 11.3 Å². The third-order valence-corrected chi connectivity index (χ3v) is 6.96. The highest BCUT2D eigenvalue weighted by Crippen LogP contribution is 2.46. The van der Waals surface area contributed by atoms with Gasteiger partial charge >= 0.3 is 0 Å². The van der Waals surface area contributed by atoms with Crippen molar-refractivity contribution in [3.8, 4) is 23.0 Å². The Bertz CT molecular complexity index is 1340. The van der Waals surface area contributed by atoms with Gasteiger partial charge in [-0.2, -0.15) is 0 Å². The first kappa shape index (κ1) is 21.8. The van der Waals surface area contributed by atoms with E-state index < -0.39 is 17.7 Å². The van der Waals surface area contributed by atoms with Crippen molar-refractivity contribution in [2.75, 3.05) is 25.9 Å². The molecule has 0 saturated carbocycles. The van der Waals surface area contributed by atoms with Crippen molar-refractivity contribution >= 4 is 34.5 Å². The quantitative estimate of drug-likeness (QED) is 0.329. The van der Waals surface area contributed by atoms with Crippen molar-refractivity contribution in [1.82, 2.24) is 0 Å². The van der Waals surface area contributed by atoms with E-state index in [-0.39, 0.29) is 18.1 Å². The zero-order chi connectivity index (χ0) is 24.0. The van der Waals surface area contributed by atoms with E-state index in [1.54, 1.807) is 36.4 Å². The van der Waals surface area contributed by atoms with Gasteiger partial charge in [0.15, 0.2) is 23.0 Å². The minimum absolute atomic E-state index is 0.00389. The maximum atomic E-state index is 13.3. The zero-order valence-electron chi connectivity index (χ0n) is 18.7.